The highest BCUT2D eigenvalue weighted by atomic mass is 32.1. The van der Waals surface area contributed by atoms with Gasteiger partial charge in [-0.15, -0.1) is 11.3 Å². The number of hydrogen-bond donors (Lipinski definition) is 0. The van der Waals surface area contributed by atoms with Crippen LogP contribution < -0.4 is 4.90 Å². The molecule has 2 aromatic rings. The Bertz CT molecular complexity index is 599. The molecular formula is C16H20FN3OS. The van der Waals surface area contributed by atoms with Gasteiger partial charge in [-0.2, -0.15) is 0 Å². The van der Waals surface area contributed by atoms with Crippen LogP contribution in [0.5, 0.6) is 0 Å². The third-order valence-corrected chi connectivity index (χ3v) is 4.71. The molecule has 1 fully saturated rings. The summed E-state index contributed by atoms with van der Waals surface area (Å²) in [4.78, 5) is 11.4. The fourth-order valence-corrected chi connectivity index (χ4v) is 3.43. The molecule has 0 N–H and O–H groups in total. The zero-order valence-corrected chi connectivity index (χ0v) is 13.5. The minimum Gasteiger partial charge on any atom is -0.376 e. The second-order valence-electron chi connectivity index (χ2n) is 5.41. The number of anilines is 1. The number of nitrogens with zero attached hydrogens (tertiary/aromatic N) is 3. The number of aromatic nitrogens is 2. The van der Waals surface area contributed by atoms with Crippen LogP contribution in [0.2, 0.25) is 0 Å². The maximum atomic E-state index is 14.6. The number of halogens is 1. The van der Waals surface area contributed by atoms with Crippen LogP contribution in [0.3, 0.4) is 0 Å². The fourth-order valence-electron chi connectivity index (χ4n) is 2.71. The van der Waals surface area contributed by atoms with E-state index in [1.54, 1.807) is 11.3 Å². The normalized spacial score (nSPS) is 17.8. The molecule has 1 aliphatic heterocycles. The lowest BCUT2D eigenvalue weighted by atomic mass is 10.2. The first-order valence-corrected chi connectivity index (χ1v) is 8.54. The lowest BCUT2D eigenvalue weighted by molar-refractivity contribution is 0.115. The third kappa shape index (κ3) is 3.44. The van der Waals surface area contributed by atoms with Crippen molar-refractivity contribution in [1.82, 2.24) is 9.97 Å². The van der Waals surface area contributed by atoms with E-state index in [2.05, 4.69) is 16.0 Å². The van der Waals surface area contributed by atoms with E-state index in [9.17, 15) is 4.39 Å². The molecule has 0 aromatic carbocycles. The largest absolute Gasteiger partial charge is 0.376 e. The van der Waals surface area contributed by atoms with Crippen LogP contribution in [0.25, 0.3) is 0 Å². The first-order valence-electron chi connectivity index (χ1n) is 7.66. The molecule has 1 saturated heterocycles. The summed E-state index contributed by atoms with van der Waals surface area (Å²) in [7, 11) is 0. The van der Waals surface area contributed by atoms with Gasteiger partial charge in [0.15, 0.2) is 11.6 Å². The van der Waals surface area contributed by atoms with Crippen molar-refractivity contribution in [2.24, 2.45) is 0 Å². The van der Waals surface area contributed by atoms with Crippen LogP contribution in [0.15, 0.2) is 23.8 Å². The van der Waals surface area contributed by atoms with Gasteiger partial charge in [0.2, 0.25) is 0 Å². The van der Waals surface area contributed by atoms with Gasteiger partial charge in [-0.1, -0.05) is 13.0 Å². The maximum Gasteiger partial charge on any atom is 0.187 e. The van der Waals surface area contributed by atoms with E-state index < -0.39 is 0 Å². The summed E-state index contributed by atoms with van der Waals surface area (Å²) in [6.45, 7) is 4.01. The summed E-state index contributed by atoms with van der Waals surface area (Å²) in [6, 6.07) is 4.07. The average Bonchev–Trinajstić information content (AvgIpc) is 3.20. The summed E-state index contributed by atoms with van der Waals surface area (Å²) in [6.07, 6.45) is 4.26. The molecule has 22 heavy (non-hydrogen) atoms. The quantitative estimate of drug-likeness (QED) is 0.817. The molecular weight excluding hydrogens is 301 g/mol. The predicted molar refractivity (Wildman–Crippen MR) is 85.7 cm³/mol. The van der Waals surface area contributed by atoms with Crippen molar-refractivity contribution in [1.29, 1.82) is 0 Å². The van der Waals surface area contributed by atoms with E-state index in [1.165, 1.54) is 11.2 Å². The van der Waals surface area contributed by atoms with Gasteiger partial charge in [0.05, 0.1) is 18.3 Å². The molecule has 3 heterocycles. The highest BCUT2D eigenvalue weighted by molar-refractivity contribution is 7.09. The van der Waals surface area contributed by atoms with Crippen molar-refractivity contribution in [2.45, 2.75) is 38.8 Å². The standard InChI is InChI=1S/C16H20FN3OS/c1-2-14-15(17)16(19-11-18-14)20(9-12-5-3-7-21-12)10-13-6-4-8-22-13/h4,6,8,11-12H,2-3,5,7,9-10H2,1H3. The number of rotatable bonds is 6. The molecule has 1 atom stereocenters. The van der Waals surface area contributed by atoms with Crippen molar-refractivity contribution < 1.29 is 9.13 Å². The van der Waals surface area contributed by atoms with Gasteiger partial charge >= 0.3 is 0 Å². The Labute approximate surface area is 134 Å². The van der Waals surface area contributed by atoms with Crippen LogP contribution in [0.4, 0.5) is 10.2 Å². The molecule has 0 amide bonds. The van der Waals surface area contributed by atoms with Gasteiger partial charge < -0.3 is 9.64 Å². The minimum atomic E-state index is -0.306. The van der Waals surface area contributed by atoms with Crippen molar-refractivity contribution in [2.75, 3.05) is 18.1 Å². The molecule has 1 unspecified atom stereocenters. The molecule has 0 aliphatic carbocycles. The fraction of sp³-hybridized carbons (Fsp3) is 0.500. The van der Waals surface area contributed by atoms with E-state index in [0.717, 1.165) is 19.4 Å². The van der Waals surface area contributed by atoms with Gasteiger partial charge in [-0.25, -0.2) is 14.4 Å². The SMILES string of the molecule is CCc1ncnc(N(Cc2cccs2)CC2CCCO2)c1F. The molecule has 4 nitrogen and oxygen atoms in total. The molecule has 6 heteroatoms. The van der Waals surface area contributed by atoms with Crippen LogP contribution in [0.1, 0.15) is 30.3 Å². The average molecular weight is 321 g/mol. The highest BCUT2D eigenvalue weighted by Crippen LogP contribution is 2.24. The van der Waals surface area contributed by atoms with Crippen LogP contribution >= 0.6 is 11.3 Å². The molecule has 3 rings (SSSR count). The van der Waals surface area contributed by atoms with Crippen molar-refractivity contribution >= 4 is 17.2 Å². The summed E-state index contributed by atoms with van der Waals surface area (Å²) >= 11 is 1.67. The zero-order valence-electron chi connectivity index (χ0n) is 12.7. The molecule has 118 valence electrons. The molecule has 0 spiro atoms. The van der Waals surface area contributed by atoms with E-state index in [1.807, 2.05) is 23.3 Å². The highest BCUT2D eigenvalue weighted by Gasteiger charge is 2.23. The Balaban J connectivity index is 1.86. The van der Waals surface area contributed by atoms with Crippen molar-refractivity contribution in [3.63, 3.8) is 0 Å². The lowest BCUT2D eigenvalue weighted by Crippen LogP contribution is -2.33. The van der Waals surface area contributed by atoms with E-state index >= 15 is 0 Å². The second-order valence-corrected chi connectivity index (χ2v) is 6.44. The van der Waals surface area contributed by atoms with Crippen LogP contribution in [-0.2, 0) is 17.7 Å². The first kappa shape index (κ1) is 15.4. The Morgan fingerprint density at radius 1 is 1.45 bits per heavy atom. The Morgan fingerprint density at radius 2 is 2.36 bits per heavy atom. The van der Waals surface area contributed by atoms with Crippen molar-refractivity contribution in [3.05, 3.63) is 40.2 Å². The topological polar surface area (TPSA) is 38.2 Å². The maximum absolute atomic E-state index is 14.6. The summed E-state index contributed by atoms with van der Waals surface area (Å²) in [5, 5.41) is 2.04. The monoisotopic (exact) mass is 321 g/mol. The smallest absolute Gasteiger partial charge is 0.187 e. The predicted octanol–water partition coefficient (Wildman–Crippen LogP) is 3.43. The molecule has 1 aliphatic rings. The first-order chi connectivity index (χ1) is 10.8. The lowest BCUT2D eigenvalue weighted by Gasteiger charge is -2.26. The number of aryl methyl sites for hydroxylation is 1. The van der Waals surface area contributed by atoms with Gasteiger partial charge in [0, 0.05) is 18.0 Å². The van der Waals surface area contributed by atoms with Gasteiger partial charge in [0.1, 0.15) is 6.33 Å². The van der Waals surface area contributed by atoms with E-state index in [-0.39, 0.29) is 11.9 Å². The second kappa shape index (κ2) is 7.15. The number of ether oxygens (including phenoxy) is 1. The summed E-state index contributed by atoms with van der Waals surface area (Å²) in [5.41, 5.74) is 0.466. The van der Waals surface area contributed by atoms with Gasteiger partial charge in [0.25, 0.3) is 0 Å². The molecule has 0 radical (unpaired) electrons. The number of hydrogen-bond acceptors (Lipinski definition) is 5. The summed E-state index contributed by atoms with van der Waals surface area (Å²) in [5.74, 6) is 0.0790. The van der Waals surface area contributed by atoms with Gasteiger partial charge in [-0.3, -0.25) is 0 Å². The zero-order chi connectivity index (χ0) is 15.4. The van der Waals surface area contributed by atoms with E-state index in [4.69, 9.17) is 4.74 Å². The Hall–Kier alpha value is -1.53. The van der Waals surface area contributed by atoms with Crippen LogP contribution in [0, 0.1) is 5.82 Å². The molecule has 0 saturated carbocycles. The van der Waals surface area contributed by atoms with Crippen molar-refractivity contribution in [3.8, 4) is 0 Å². The summed E-state index contributed by atoms with van der Waals surface area (Å²) < 4.78 is 20.3. The Kier molecular flexibility index (Phi) is 5.00. The van der Waals surface area contributed by atoms with E-state index in [0.29, 0.717) is 31.0 Å². The van der Waals surface area contributed by atoms with Gasteiger partial charge in [-0.05, 0) is 30.7 Å². The number of thiophene rings is 1. The minimum absolute atomic E-state index is 0.152. The third-order valence-electron chi connectivity index (χ3n) is 3.85. The molecule has 0 bridgehead atoms. The Morgan fingerprint density at radius 3 is 3.05 bits per heavy atom. The molecule has 2 aromatic heterocycles. The van der Waals surface area contributed by atoms with Crippen LogP contribution in [-0.4, -0.2) is 29.2 Å².